The van der Waals surface area contributed by atoms with Gasteiger partial charge in [0.2, 0.25) is 0 Å². The molecule has 0 aliphatic carbocycles. The monoisotopic (exact) mass is 403 g/mol. The lowest BCUT2D eigenvalue weighted by Crippen LogP contribution is -2.24. The highest BCUT2D eigenvalue weighted by Crippen LogP contribution is 2.22. The molecule has 3 aromatic rings. The summed E-state index contributed by atoms with van der Waals surface area (Å²) in [6, 6.07) is 11.7. The third-order valence-corrected chi connectivity index (χ3v) is 5.54. The lowest BCUT2D eigenvalue weighted by molar-refractivity contribution is -0.117. The number of para-hydroxylation sites is 2. The summed E-state index contributed by atoms with van der Waals surface area (Å²) in [5.74, 6) is 0.235. The number of amides is 1. The molecule has 1 unspecified atom stereocenters. The number of fused-ring (bicyclic) bond motifs is 1. The molecule has 1 aliphatic heterocycles. The second-order valence-electron chi connectivity index (χ2n) is 7.63. The molecule has 30 heavy (non-hydrogen) atoms. The molecule has 1 atom stereocenters. The van der Waals surface area contributed by atoms with E-state index in [1.54, 1.807) is 6.08 Å². The first-order chi connectivity index (χ1) is 14.5. The topological polar surface area (TPSA) is 95.7 Å². The summed E-state index contributed by atoms with van der Waals surface area (Å²) >= 11 is 0. The number of ether oxygens (including phenoxy) is 1. The minimum absolute atomic E-state index is 0.0727. The second-order valence-corrected chi connectivity index (χ2v) is 7.63. The SMILES string of the molecule is Cc1cc(/C=C(/C#N)C(=O)NCc2nc3ccccc3[nH]2)c(C)n1CC1CCCO1. The molecule has 0 radical (unpaired) electrons. The Morgan fingerprint density at radius 1 is 1.43 bits per heavy atom. The summed E-state index contributed by atoms with van der Waals surface area (Å²) in [5.41, 5.74) is 4.83. The van der Waals surface area contributed by atoms with E-state index < -0.39 is 5.91 Å². The fourth-order valence-electron chi connectivity index (χ4n) is 3.90. The molecule has 1 fully saturated rings. The lowest BCUT2D eigenvalue weighted by Gasteiger charge is -2.14. The number of nitriles is 1. The van der Waals surface area contributed by atoms with Gasteiger partial charge in [-0.15, -0.1) is 0 Å². The smallest absolute Gasteiger partial charge is 0.262 e. The molecule has 4 rings (SSSR count). The van der Waals surface area contributed by atoms with Gasteiger partial charge in [-0.25, -0.2) is 4.98 Å². The minimum atomic E-state index is -0.415. The van der Waals surface area contributed by atoms with Crippen LogP contribution >= 0.6 is 0 Å². The van der Waals surface area contributed by atoms with Gasteiger partial charge in [0.1, 0.15) is 17.5 Å². The Morgan fingerprint density at radius 2 is 2.27 bits per heavy atom. The molecular weight excluding hydrogens is 378 g/mol. The van der Waals surface area contributed by atoms with E-state index in [9.17, 15) is 10.1 Å². The third-order valence-electron chi connectivity index (χ3n) is 5.54. The van der Waals surface area contributed by atoms with Crippen LogP contribution in [0.5, 0.6) is 0 Å². The second kappa shape index (κ2) is 8.56. The number of nitrogens with zero attached hydrogens (tertiary/aromatic N) is 3. The molecular formula is C23H25N5O2. The Labute approximate surface area is 175 Å². The van der Waals surface area contributed by atoms with Crippen molar-refractivity contribution in [2.75, 3.05) is 6.61 Å². The number of H-pyrrole nitrogens is 1. The molecule has 1 saturated heterocycles. The number of carbonyl (C=O) groups is 1. The zero-order valence-electron chi connectivity index (χ0n) is 17.2. The van der Waals surface area contributed by atoms with E-state index in [0.717, 1.165) is 54.0 Å². The summed E-state index contributed by atoms with van der Waals surface area (Å²) < 4.78 is 7.95. The molecule has 0 spiro atoms. The van der Waals surface area contributed by atoms with Crippen LogP contribution in [0.25, 0.3) is 17.1 Å². The molecule has 1 amide bonds. The van der Waals surface area contributed by atoms with E-state index >= 15 is 0 Å². The van der Waals surface area contributed by atoms with Gasteiger partial charge in [-0.05, 0) is 56.5 Å². The Morgan fingerprint density at radius 3 is 3.00 bits per heavy atom. The molecule has 7 nitrogen and oxygen atoms in total. The number of aromatic amines is 1. The number of rotatable bonds is 6. The Balaban J connectivity index is 1.47. The maximum Gasteiger partial charge on any atom is 0.262 e. The van der Waals surface area contributed by atoms with Crippen molar-refractivity contribution < 1.29 is 9.53 Å². The number of carbonyl (C=O) groups excluding carboxylic acids is 1. The summed E-state index contributed by atoms with van der Waals surface area (Å²) in [4.78, 5) is 20.2. The molecule has 1 aromatic carbocycles. The van der Waals surface area contributed by atoms with E-state index in [1.165, 1.54) is 0 Å². The Bertz CT molecular complexity index is 1110. The van der Waals surface area contributed by atoms with Crippen molar-refractivity contribution in [1.82, 2.24) is 19.9 Å². The van der Waals surface area contributed by atoms with Crippen molar-refractivity contribution in [3.63, 3.8) is 0 Å². The highest BCUT2D eigenvalue weighted by atomic mass is 16.5. The first-order valence-electron chi connectivity index (χ1n) is 10.2. The maximum absolute atomic E-state index is 12.6. The largest absolute Gasteiger partial charge is 0.376 e. The Kier molecular flexibility index (Phi) is 5.68. The van der Waals surface area contributed by atoms with Gasteiger partial charge in [0.15, 0.2) is 0 Å². The molecule has 0 saturated carbocycles. The van der Waals surface area contributed by atoms with Gasteiger partial charge >= 0.3 is 0 Å². The molecule has 1 aliphatic rings. The van der Waals surface area contributed by atoms with Gasteiger partial charge < -0.3 is 19.6 Å². The van der Waals surface area contributed by atoms with Crippen LogP contribution < -0.4 is 5.32 Å². The fraction of sp³-hybridized carbons (Fsp3) is 0.348. The lowest BCUT2D eigenvalue weighted by atomic mass is 10.1. The molecule has 3 heterocycles. The van der Waals surface area contributed by atoms with Crippen molar-refractivity contribution in [2.24, 2.45) is 0 Å². The molecule has 154 valence electrons. The average Bonchev–Trinajstić information content (AvgIpc) is 3.46. The van der Waals surface area contributed by atoms with Crippen molar-refractivity contribution >= 4 is 23.0 Å². The van der Waals surface area contributed by atoms with Gasteiger partial charge in [0.25, 0.3) is 5.91 Å². The van der Waals surface area contributed by atoms with Gasteiger partial charge in [-0.2, -0.15) is 5.26 Å². The fourth-order valence-corrected chi connectivity index (χ4v) is 3.90. The highest BCUT2D eigenvalue weighted by Gasteiger charge is 2.19. The van der Waals surface area contributed by atoms with Crippen LogP contribution in [0, 0.1) is 25.2 Å². The summed E-state index contributed by atoms with van der Waals surface area (Å²) in [6.45, 7) is 5.89. The van der Waals surface area contributed by atoms with Gasteiger partial charge in [-0.1, -0.05) is 12.1 Å². The van der Waals surface area contributed by atoms with E-state index in [2.05, 4.69) is 19.9 Å². The Hall–Kier alpha value is -3.37. The number of nitrogens with one attached hydrogen (secondary N) is 2. The van der Waals surface area contributed by atoms with Gasteiger partial charge in [0, 0.05) is 24.5 Å². The number of imidazole rings is 1. The number of hydrogen-bond donors (Lipinski definition) is 2. The van der Waals surface area contributed by atoms with Crippen molar-refractivity contribution in [2.45, 2.75) is 45.9 Å². The van der Waals surface area contributed by atoms with Crippen molar-refractivity contribution in [1.29, 1.82) is 5.26 Å². The predicted octanol–water partition coefficient (Wildman–Crippen LogP) is 3.38. The first kappa shape index (κ1) is 19.9. The van der Waals surface area contributed by atoms with E-state index in [4.69, 9.17) is 4.74 Å². The van der Waals surface area contributed by atoms with Crippen LogP contribution in [0.3, 0.4) is 0 Å². The first-order valence-corrected chi connectivity index (χ1v) is 10.2. The quantitative estimate of drug-likeness (QED) is 0.487. The predicted molar refractivity (Wildman–Crippen MR) is 114 cm³/mol. The average molecular weight is 403 g/mol. The van der Waals surface area contributed by atoms with Crippen LogP contribution in [0.4, 0.5) is 0 Å². The normalized spacial score (nSPS) is 16.7. The number of hydrogen-bond acceptors (Lipinski definition) is 4. The van der Waals surface area contributed by atoms with Crippen LogP contribution in [-0.2, 0) is 22.6 Å². The van der Waals surface area contributed by atoms with Gasteiger partial charge in [-0.3, -0.25) is 4.79 Å². The summed E-state index contributed by atoms with van der Waals surface area (Å²) in [6.07, 6.45) is 4.05. The van der Waals surface area contributed by atoms with Crippen LogP contribution in [0.1, 0.15) is 35.6 Å². The zero-order chi connectivity index (χ0) is 21.1. The van der Waals surface area contributed by atoms with Crippen molar-refractivity contribution in [3.8, 4) is 6.07 Å². The molecule has 0 bridgehead atoms. The minimum Gasteiger partial charge on any atom is -0.376 e. The van der Waals surface area contributed by atoms with Crippen LogP contribution in [0.15, 0.2) is 35.9 Å². The standard InChI is InChI=1S/C23H25N5O2/c1-15-10-17(16(2)28(15)14-19-6-5-9-30-19)11-18(12-24)23(29)25-13-22-26-20-7-3-4-8-21(20)27-22/h3-4,7-8,10-11,19H,5-6,9,13-14H2,1-2H3,(H,25,29)(H,26,27)/b18-11-. The van der Waals surface area contributed by atoms with Gasteiger partial charge in [0.05, 0.1) is 23.7 Å². The van der Waals surface area contributed by atoms with E-state index in [0.29, 0.717) is 5.82 Å². The maximum atomic E-state index is 12.6. The van der Waals surface area contributed by atoms with E-state index in [-0.39, 0.29) is 18.2 Å². The number of aryl methyl sites for hydroxylation is 1. The number of benzene rings is 1. The highest BCUT2D eigenvalue weighted by molar-refractivity contribution is 6.01. The van der Waals surface area contributed by atoms with Crippen LogP contribution in [0.2, 0.25) is 0 Å². The third kappa shape index (κ3) is 4.14. The molecule has 2 aromatic heterocycles. The summed E-state index contributed by atoms with van der Waals surface area (Å²) in [7, 11) is 0. The molecule has 7 heteroatoms. The molecule has 2 N–H and O–H groups in total. The zero-order valence-corrected chi connectivity index (χ0v) is 17.2. The van der Waals surface area contributed by atoms with Crippen LogP contribution in [-0.4, -0.2) is 33.2 Å². The number of aromatic nitrogens is 3. The van der Waals surface area contributed by atoms with Crippen molar-refractivity contribution in [3.05, 3.63) is 58.7 Å². The summed E-state index contributed by atoms with van der Waals surface area (Å²) in [5, 5.41) is 12.3. The van der Waals surface area contributed by atoms with E-state index in [1.807, 2.05) is 50.2 Å².